The highest BCUT2D eigenvalue weighted by atomic mass is 19.1. The van der Waals surface area contributed by atoms with Gasteiger partial charge in [0.2, 0.25) is 5.91 Å². The summed E-state index contributed by atoms with van der Waals surface area (Å²) in [6.45, 7) is 6.46. The predicted octanol–water partition coefficient (Wildman–Crippen LogP) is 2.83. The molecule has 0 saturated carbocycles. The number of hydrogen-bond acceptors (Lipinski definition) is 2. The first-order chi connectivity index (χ1) is 10.0. The molecule has 1 aliphatic heterocycles. The van der Waals surface area contributed by atoms with Gasteiger partial charge in [-0.2, -0.15) is 0 Å². The van der Waals surface area contributed by atoms with E-state index < -0.39 is 0 Å². The molecule has 1 aromatic rings. The van der Waals surface area contributed by atoms with E-state index in [4.69, 9.17) is 0 Å². The molecule has 4 heteroatoms. The van der Waals surface area contributed by atoms with Crippen molar-refractivity contribution in [2.75, 3.05) is 13.1 Å². The summed E-state index contributed by atoms with van der Waals surface area (Å²) in [5.74, 6) is -0.351. The van der Waals surface area contributed by atoms with Crippen molar-refractivity contribution < 1.29 is 9.18 Å². The molecule has 1 fully saturated rings. The van der Waals surface area contributed by atoms with Gasteiger partial charge in [0.1, 0.15) is 5.82 Å². The molecule has 1 heterocycles. The first-order valence-electron chi connectivity index (χ1n) is 7.53. The van der Waals surface area contributed by atoms with Crippen molar-refractivity contribution >= 4 is 12.0 Å². The molecule has 1 aliphatic rings. The van der Waals surface area contributed by atoms with Gasteiger partial charge >= 0.3 is 0 Å². The van der Waals surface area contributed by atoms with Gasteiger partial charge in [-0.25, -0.2) is 4.39 Å². The van der Waals surface area contributed by atoms with Gasteiger partial charge in [-0.15, -0.1) is 0 Å². The molecule has 0 bridgehead atoms. The number of rotatable bonds is 4. The molecule has 0 aliphatic carbocycles. The van der Waals surface area contributed by atoms with Gasteiger partial charge < -0.3 is 10.2 Å². The van der Waals surface area contributed by atoms with Gasteiger partial charge in [-0.3, -0.25) is 4.79 Å². The third-order valence-electron chi connectivity index (χ3n) is 3.90. The average Bonchev–Trinajstić information content (AvgIpc) is 2.47. The molecule has 114 valence electrons. The molecule has 1 saturated heterocycles. The van der Waals surface area contributed by atoms with Crippen LogP contribution in [0.2, 0.25) is 0 Å². The smallest absolute Gasteiger partial charge is 0.244 e. The fourth-order valence-corrected chi connectivity index (χ4v) is 2.56. The monoisotopic (exact) mass is 290 g/mol. The van der Waals surface area contributed by atoms with E-state index >= 15 is 0 Å². The number of carbonyl (C=O) groups is 1. The van der Waals surface area contributed by atoms with Gasteiger partial charge in [0.05, 0.1) is 0 Å². The van der Waals surface area contributed by atoms with Crippen LogP contribution in [0.25, 0.3) is 6.08 Å². The highest BCUT2D eigenvalue weighted by molar-refractivity contribution is 5.91. The van der Waals surface area contributed by atoms with Gasteiger partial charge in [0.25, 0.3) is 0 Å². The first-order valence-corrected chi connectivity index (χ1v) is 7.53. The average molecular weight is 290 g/mol. The zero-order chi connectivity index (χ0) is 15.2. The summed E-state index contributed by atoms with van der Waals surface area (Å²) < 4.78 is 12.8. The number of hydrogen-bond donors (Lipinski definition) is 1. The molecule has 0 unspecified atom stereocenters. The molecule has 1 aromatic carbocycles. The van der Waals surface area contributed by atoms with Crippen molar-refractivity contribution in [3.63, 3.8) is 0 Å². The summed E-state index contributed by atoms with van der Waals surface area (Å²) in [5, 5.41) is 3.03. The van der Waals surface area contributed by atoms with Gasteiger partial charge in [-0.1, -0.05) is 12.1 Å². The highest BCUT2D eigenvalue weighted by Gasteiger charge is 2.21. The Balaban J connectivity index is 1.78. The summed E-state index contributed by atoms with van der Waals surface area (Å²) in [6, 6.07) is 6.91. The van der Waals surface area contributed by atoms with E-state index in [-0.39, 0.29) is 17.8 Å². The lowest BCUT2D eigenvalue weighted by molar-refractivity contribution is -0.117. The molecule has 0 spiro atoms. The number of nitrogens with zero attached hydrogens (tertiary/aromatic N) is 1. The number of amides is 1. The number of carbonyl (C=O) groups excluding carboxylic acids is 1. The van der Waals surface area contributed by atoms with Crippen molar-refractivity contribution in [3.05, 3.63) is 41.7 Å². The van der Waals surface area contributed by atoms with Crippen LogP contribution in [0.1, 0.15) is 32.3 Å². The minimum absolute atomic E-state index is 0.0812. The summed E-state index contributed by atoms with van der Waals surface area (Å²) >= 11 is 0. The third kappa shape index (κ3) is 4.97. The van der Waals surface area contributed by atoms with Crippen LogP contribution < -0.4 is 5.32 Å². The Morgan fingerprint density at radius 3 is 2.48 bits per heavy atom. The van der Waals surface area contributed by atoms with Gasteiger partial charge in [0.15, 0.2) is 0 Å². The number of piperidine rings is 1. The van der Waals surface area contributed by atoms with Crippen LogP contribution in [-0.4, -0.2) is 36.0 Å². The first kappa shape index (κ1) is 15.7. The topological polar surface area (TPSA) is 32.3 Å². The minimum Gasteiger partial charge on any atom is -0.350 e. The Hall–Kier alpha value is -1.68. The van der Waals surface area contributed by atoms with Crippen molar-refractivity contribution in [3.8, 4) is 0 Å². The molecular formula is C17H23FN2O. The van der Waals surface area contributed by atoms with Crippen LogP contribution in [0.15, 0.2) is 30.3 Å². The minimum atomic E-state index is -0.270. The molecule has 1 amide bonds. The SMILES string of the molecule is CC(C)N1CCC(NC(=O)/C=C/c2ccc(F)cc2)CC1. The highest BCUT2D eigenvalue weighted by Crippen LogP contribution is 2.13. The summed E-state index contributed by atoms with van der Waals surface area (Å²) in [5.41, 5.74) is 0.821. The van der Waals surface area contributed by atoms with Gasteiger partial charge in [0, 0.05) is 31.2 Å². The van der Waals surface area contributed by atoms with E-state index in [2.05, 4.69) is 24.1 Å². The van der Waals surface area contributed by atoms with E-state index in [0.717, 1.165) is 31.5 Å². The molecule has 21 heavy (non-hydrogen) atoms. The lowest BCUT2D eigenvalue weighted by Gasteiger charge is -2.34. The standard InChI is InChI=1S/C17H23FN2O/c1-13(2)20-11-9-16(10-12-20)19-17(21)8-5-14-3-6-15(18)7-4-14/h3-8,13,16H,9-12H2,1-2H3,(H,19,21)/b8-5+. The second-order valence-corrected chi connectivity index (χ2v) is 5.80. The van der Waals surface area contributed by atoms with E-state index in [0.29, 0.717) is 6.04 Å². The number of benzene rings is 1. The largest absolute Gasteiger partial charge is 0.350 e. The Morgan fingerprint density at radius 2 is 1.90 bits per heavy atom. The van der Waals surface area contributed by atoms with Gasteiger partial charge in [-0.05, 0) is 50.5 Å². The summed E-state index contributed by atoms with van der Waals surface area (Å²) in [7, 11) is 0. The second kappa shape index (κ2) is 7.36. The lowest BCUT2D eigenvalue weighted by atomic mass is 10.0. The van der Waals surface area contributed by atoms with Crippen molar-refractivity contribution in [1.29, 1.82) is 0 Å². The lowest BCUT2D eigenvalue weighted by Crippen LogP contribution is -2.46. The zero-order valence-electron chi connectivity index (χ0n) is 12.7. The second-order valence-electron chi connectivity index (χ2n) is 5.80. The quantitative estimate of drug-likeness (QED) is 0.865. The maximum atomic E-state index is 12.8. The molecule has 0 aromatic heterocycles. The van der Waals surface area contributed by atoms with Crippen LogP contribution in [0.4, 0.5) is 4.39 Å². The predicted molar refractivity (Wildman–Crippen MR) is 83.3 cm³/mol. The van der Waals surface area contributed by atoms with Crippen LogP contribution in [-0.2, 0) is 4.79 Å². The van der Waals surface area contributed by atoms with Crippen LogP contribution in [0.3, 0.4) is 0 Å². The van der Waals surface area contributed by atoms with Crippen LogP contribution in [0.5, 0.6) is 0 Å². The fourth-order valence-electron chi connectivity index (χ4n) is 2.56. The molecule has 2 rings (SSSR count). The van der Waals surface area contributed by atoms with Crippen LogP contribution >= 0.6 is 0 Å². The number of likely N-dealkylation sites (tertiary alicyclic amines) is 1. The molecule has 1 N–H and O–H groups in total. The summed E-state index contributed by atoms with van der Waals surface area (Å²) in [4.78, 5) is 14.3. The molecule has 0 atom stereocenters. The van der Waals surface area contributed by atoms with E-state index in [1.54, 1.807) is 18.2 Å². The molecular weight excluding hydrogens is 267 g/mol. The van der Waals surface area contributed by atoms with Crippen molar-refractivity contribution in [1.82, 2.24) is 10.2 Å². The maximum absolute atomic E-state index is 12.8. The number of halogens is 1. The molecule has 0 radical (unpaired) electrons. The van der Waals surface area contributed by atoms with Crippen molar-refractivity contribution in [2.24, 2.45) is 0 Å². The summed E-state index contributed by atoms with van der Waals surface area (Å²) in [6.07, 6.45) is 5.21. The van der Waals surface area contributed by atoms with Crippen molar-refractivity contribution in [2.45, 2.75) is 38.8 Å². The van der Waals surface area contributed by atoms with Crippen LogP contribution in [0, 0.1) is 5.82 Å². The Labute approximate surface area is 125 Å². The zero-order valence-corrected chi connectivity index (χ0v) is 12.7. The molecule has 3 nitrogen and oxygen atoms in total. The maximum Gasteiger partial charge on any atom is 0.244 e. The Kier molecular flexibility index (Phi) is 5.51. The fraction of sp³-hybridized carbons (Fsp3) is 0.471. The third-order valence-corrected chi connectivity index (χ3v) is 3.90. The number of nitrogens with one attached hydrogen (secondary N) is 1. The normalized spacial score (nSPS) is 17.5. The Bertz CT molecular complexity index is 488. The van der Waals surface area contributed by atoms with E-state index in [1.807, 2.05) is 0 Å². The van der Waals surface area contributed by atoms with E-state index in [9.17, 15) is 9.18 Å². The Morgan fingerprint density at radius 1 is 1.29 bits per heavy atom. The van der Waals surface area contributed by atoms with E-state index in [1.165, 1.54) is 18.2 Å².